The van der Waals surface area contributed by atoms with Crippen LogP contribution >= 0.6 is 0 Å². The number of nitrogens with one attached hydrogen (secondary N) is 2. The van der Waals surface area contributed by atoms with Gasteiger partial charge < -0.3 is 26.6 Å². The van der Waals surface area contributed by atoms with Gasteiger partial charge >= 0.3 is 17.8 Å². The first kappa shape index (κ1) is 22.3. The number of carboxylic acids is 2. The van der Waals surface area contributed by atoms with Crippen LogP contribution in [-0.4, -0.2) is 76.3 Å². The number of hydrogen-bond donors (Lipinski definition) is 5. The number of aliphatic imine (C=N–C) groups is 4. The molecule has 13 nitrogen and oxygen atoms in total. The second kappa shape index (κ2) is 9.59. The highest BCUT2D eigenvalue weighted by molar-refractivity contribution is 6.69. The van der Waals surface area contributed by atoms with E-state index in [0.29, 0.717) is 12.2 Å². The van der Waals surface area contributed by atoms with Crippen molar-refractivity contribution in [3.05, 3.63) is 29.8 Å². The minimum absolute atomic E-state index is 0.0383. The number of nitrogens with zero attached hydrogens (tertiary/aromatic N) is 4. The van der Waals surface area contributed by atoms with E-state index in [4.69, 9.17) is 15.9 Å². The molecule has 0 fully saturated rings. The molecule has 1 unspecified atom stereocenters. The van der Waals surface area contributed by atoms with Crippen LogP contribution in [0.1, 0.15) is 23.2 Å². The van der Waals surface area contributed by atoms with Crippen molar-refractivity contribution in [3.63, 3.8) is 0 Å². The molecule has 2 atom stereocenters. The zero-order valence-electron chi connectivity index (χ0n) is 16.6. The lowest BCUT2D eigenvalue weighted by molar-refractivity contribution is -0.140. The summed E-state index contributed by atoms with van der Waals surface area (Å²) >= 11 is 0. The Morgan fingerprint density at radius 1 is 1.12 bits per heavy atom. The van der Waals surface area contributed by atoms with Crippen LogP contribution in [0.5, 0.6) is 0 Å². The number of anilines is 1. The van der Waals surface area contributed by atoms with E-state index < -0.39 is 35.8 Å². The van der Waals surface area contributed by atoms with Gasteiger partial charge in [-0.3, -0.25) is 19.4 Å². The van der Waals surface area contributed by atoms with Crippen molar-refractivity contribution in [2.45, 2.75) is 24.9 Å². The van der Waals surface area contributed by atoms with Crippen LogP contribution in [0.3, 0.4) is 0 Å². The molecular formula is C19H19N7O6. The van der Waals surface area contributed by atoms with Gasteiger partial charge in [0, 0.05) is 30.4 Å². The van der Waals surface area contributed by atoms with Gasteiger partial charge in [-0.25, -0.2) is 9.79 Å². The van der Waals surface area contributed by atoms with Crippen LogP contribution in [0.4, 0.5) is 5.69 Å². The lowest BCUT2D eigenvalue weighted by Crippen LogP contribution is -2.41. The van der Waals surface area contributed by atoms with Crippen molar-refractivity contribution in [1.82, 2.24) is 5.32 Å². The van der Waals surface area contributed by atoms with E-state index in [0.717, 1.165) is 0 Å². The van der Waals surface area contributed by atoms with Crippen molar-refractivity contribution < 1.29 is 29.4 Å². The SMILES string of the molecule is NC1=NC(=O)C2=NC(CNc3ccc(C(=O)N[C@@H](CCC(=O)O)C(=O)O)cc3)C=NC2=N1. The Labute approximate surface area is 180 Å². The highest BCUT2D eigenvalue weighted by Gasteiger charge is 2.27. The summed E-state index contributed by atoms with van der Waals surface area (Å²) in [7, 11) is 0. The maximum atomic E-state index is 12.3. The van der Waals surface area contributed by atoms with Crippen molar-refractivity contribution in [1.29, 1.82) is 0 Å². The molecule has 13 heteroatoms. The quantitative estimate of drug-likeness (QED) is 0.330. The zero-order valence-corrected chi connectivity index (χ0v) is 16.6. The molecule has 0 spiro atoms. The topological polar surface area (TPSA) is 208 Å². The van der Waals surface area contributed by atoms with E-state index in [-0.39, 0.29) is 35.9 Å². The molecule has 166 valence electrons. The maximum Gasteiger partial charge on any atom is 0.326 e. The van der Waals surface area contributed by atoms with Crippen LogP contribution in [0.25, 0.3) is 0 Å². The summed E-state index contributed by atoms with van der Waals surface area (Å²) in [5, 5.41) is 23.2. The first-order valence-electron chi connectivity index (χ1n) is 9.42. The highest BCUT2D eigenvalue weighted by Crippen LogP contribution is 2.12. The van der Waals surface area contributed by atoms with Gasteiger partial charge in [0.1, 0.15) is 12.1 Å². The molecular weight excluding hydrogens is 422 g/mol. The fourth-order valence-electron chi connectivity index (χ4n) is 2.82. The molecule has 0 saturated heterocycles. The number of carboxylic acid groups (broad SMARTS) is 2. The Hall–Kier alpha value is -4.42. The van der Waals surface area contributed by atoms with Gasteiger partial charge in [-0.1, -0.05) is 0 Å². The fraction of sp³-hybridized carbons (Fsp3) is 0.263. The molecule has 0 bridgehead atoms. The predicted octanol–water partition coefficient (Wildman–Crippen LogP) is -0.706. The molecule has 3 rings (SSSR count). The predicted molar refractivity (Wildman–Crippen MR) is 114 cm³/mol. The Kier molecular flexibility index (Phi) is 6.68. The molecule has 0 aliphatic carbocycles. The summed E-state index contributed by atoms with van der Waals surface area (Å²) in [6.45, 7) is 0.300. The lowest BCUT2D eigenvalue weighted by Gasteiger charge is -2.17. The first-order valence-corrected chi connectivity index (χ1v) is 9.42. The summed E-state index contributed by atoms with van der Waals surface area (Å²) in [6, 6.07) is 4.44. The van der Waals surface area contributed by atoms with E-state index >= 15 is 0 Å². The molecule has 2 heterocycles. The van der Waals surface area contributed by atoms with Gasteiger partial charge in [-0.2, -0.15) is 9.98 Å². The lowest BCUT2D eigenvalue weighted by atomic mass is 10.1. The molecule has 6 N–H and O–H groups in total. The summed E-state index contributed by atoms with van der Waals surface area (Å²) in [5.74, 6) is -3.75. The van der Waals surface area contributed by atoms with Gasteiger partial charge in [0.2, 0.25) is 5.96 Å². The number of aliphatic carboxylic acids is 2. The van der Waals surface area contributed by atoms with E-state index in [1.165, 1.54) is 18.3 Å². The van der Waals surface area contributed by atoms with E-state index in [2.05, 4.69) is 30.6 Å². The third-order valence-corrected chi connectivity index (χ3v) is 4.43. The molecule has 1 aromatic rings. The second-order valence-electron chi connectivity index (χ2n) is 6.79. The molecule has 0 radical (unpaired) electrons. The Morgan fingerprint density at radius 2 is 1.84 bits per heavy atom. The van der Waals surface area contributed by atoms with Crippen molar-refractivity contribution in [3.8, 4) is 0 Å². The normalized spacial score (nSPS) is 17.9. The third kappa shape index (κ3) is 5.59. The Bertz CT molecular complexity index is 1070. The Balaban J connectivity index is 1.56. The average Bonchev–Trinajstić information content (AvgIpc) is 2.75. The second-order valence-corrected chi connectivity index (χ2v) is 6.79. The number of carbonyl (C=O) groups excluding carboxylic acids is 2. The summed E-state index contributed by atoms with van der Waals surface area (Å²) in [5.41, 5.74) is 6.32. The number of guanidine groups is 1. The van der Waals surface area contributed by atoms with E-state index in [1.54, 1.807) is 12.1 Å². The highest BCUT2D eigenvalue weighted by atomic mass is 16.4. The van der Waals surface area contributed by atoms with Crippen LogP contribution < -0.4 is 16.4 Å². The summed E-state index contributed by atoms with van der Waals surface area (Å²) < 4.78 is 0. The van der Waals surface area contributed by atoms with Gasteiger partial charge in [0.25, 0.3) is 5.91 Å². The number of amidine groups is 1. The molecule has 32 heavy (non-hydrogen) atoms. The summed E-state index contributed by atoms with van der Waals surface area (Å²) in [6.07, 6.45) is 0.911. The number of hydrogen-bond acceptors (Lipinski definition) is 9. The number of rotatable bonds is 9. The molecule has 1 aromatic carbocycles. The number of carbonyl (C=O) groups is 4. The van der Waals surface area contributed by atoms with Crippen LogP contribution in [0, 0.1) is 0 Å². The number of benzene rings is 1. The molecule has 2 aliphatic heterocycles. The fourth-order valence-corrected chi connectivity index (χ4v) is 2.82. The minimum atomic E-state index is -1.31. The van der Waals surface area contributed by atoms with Crippen LogP contribution in [0.2, 0.25) is 0 Å². The standard InChI is InChI=1S/C19H19N7O6/c20-19-25-15-14(17(30)26-19)23-11(8-22-15)7-21-10-3-1-9(2-4-10)16(29)24-12(18(31)32)5-6-13(27)28/h1-4,8,11-12,21H,5-7H2,(H,24,29)(H,27,28)(H,31,32)(H2,20,26,30)/t11?,12-/m0/s1. The molecule has 0 aromatic heterocycles. The van der Waals surface area contributed by atoms with Gasteiger partial charge in [-0.05, 0) is 30.7 Å². The van der Waals surface area contributed by atoms with Crippen molar-refractivity contribution in [2.24, 2.45) is 25.7 Å². The zero-order chi connectivity index (χ0) is 23.3. The monoisotopic (exact) mass is 441 g/mol. The maximum absolute atomic E-state index is 12.3. The van der Waals surface area contributed by atoms with Crippen molar-refractivity contribution >= 4 is 53.2 Å². The Morgan fingerprint density at radius 3 is 2.50 bits per heavy atom. The van der Waals surface area contributed by atoms with Crippen LogP contribution in [-0.2, 0) is 14.4 Å². The summed E-state index contributed by atoms with van der Waals surface area (Å²) in [4.78, 5) is 61.7. The third-order valence-electron chi connectivity index (χ3n) is 4.43. The minimum Gasteiger partial charge on any atom is -0.481 e. The van der Waals surface area contributed by atoms with Crippen molar-refractivity contribution in [2.75, 3.05) is 11.9 Å². The molecule has 2 amide bonds. The number of nitrogens with two attached hydrogens (primary N) is 1. The number of amides is 2. The molecule has 0 saturated carbocycles. The first-order chi connectivity index (χ1) is 15.2. The van der Waals surface area contributed by atoms with Gasteiger partial charge in [0.15, 0.2) is 11.5 Å². The van der Waals surface area contributed by atoms with Crippen LogP contribution in [0.15, 0.2) is 44.2 Å². The van der Waals surface area contributed by atoms with E-state index in [1.807, 2.05) is 0 Å². The van der Waals surface area contributed by atoms with Gasteiger partial charge in [-0.15, -0.1) is 0 Å². The molecule has 2 aliphatic rings. The smallest absolute Gasteiger partial charge is 0.326 e. The van der Waals surface area contributed by atoms with E-state index in [9.17, 15) is 19.2 Å². The number of fused-ring (bicyclic) bond motifs is 1. The largest absolute Gasteiger partial charge is 0.481 e. The van der Waals surface area contributed by atoms with Gasteiger partial charge in [0.05, 0.1) is 0 Å². The average molecular weight is 441 g/mol.